The number of aryl methyl sites for hydroxylation is 1. The van der Waals surface area contributed by atoms with Gasteiger partial charge in [0.25, 0.3) is 0 Å². The Labute approximate surface area is 104 Å². The second-order valence-corrected chi connectivity index (χ2v) is 4.01. The summed E-state index contributed by atoms with van der Waals surface area (Å²) in [5.41, 5.74) is 2.01. The molecule has 0 bridgehead atoms. The lowest BCUT2D eigenvalue weighted by Crippen LogP contribution is -2.03. The fourth-order valence-corrected chi connectivity index (χ4v) is 1.68. The molecule has 1 aromatic carbocycles. The van der Waals surface area contributed by atoms with Gasteiger partial charge in [0, 0.05) is 29.9 Å². The molecule has 0 unspecified atom stereocenters. The van der Waals surface area contributed by atoms with Crippen LogP contribution in [0.4, 0.5) is 14.6 Å². The van der Waals surface area contributed by atoms with E-state index < -0.39 is 11.6 Å². The average molecular weight is 249 g/mol. The lowest BCUT2D eigenvalue weighted by Gasteiger charge is -2.09. The van der Waals surface area contributed by atoms with Crippen LogP contribution < -0.4 is 5.32 Å². The molecule has 1 N–H and O–H groups in total. The molecular weight excluding hydrogens is 236 g/mol. The van der Waals surface area contributed by atoms with Crippen LogP contribution in [0.2, 0.25) is 0 Å². The molecule has 2 rings (SSSR count). The molecule has 0 saturated carbocycles. The van der Waals surface area contributed by atoms with Crippen molar-refractivity contribution in [3.63, 3.8) is 0 Å². The highest BCUT2D eigenvalue weighted by Gasteiger charge is 2.10. The Morgan fingerprint density at radius 2 is 1.61 bits per heavy atom. The highest BCUT2D eigenvalue weighted by atomic mass is 19.1. The number of nitrogens with one attached hydrogen (secondary N) is 1. The lowest BCUT2D eigenvalue weighted by atomic mass is 10.1. The predicted octanol–water partition coefficient (Wildman–Crippen LogP) is 3.08. The monoisotopic (exact) mass is 249 g/mol. The Morgan fingerprint density at radius 3 is 2.17 bits per heavy atom. The van der Waals surface area contributed by atoms with E-state index >= 15 is 0 Å². The minimum absolute atomic E-state index is 0.306. The fraction of sp³-hybridized carbons (Fsp3) is 0.231. The van der Waals surface area contributed by atoms with Gasteiger partial charge >= 0.3 is 0 Å². The second kappa shape index (κ2) is 4.68. The number of benzene rings is 1. The van der Waals surface area contributed by atoms with Gasteiger partial charge in [0.15, 0.2) is 5.82 Å². The SMILES string of the molecule is CNc1nc(-c2cc(F)cc(F)c2)nc(C)c1C. The maximum Gasteiger partial charge on any atom is 0.161 e. The van der Waals surface area contributed by atoms with Gasteiger partial charge in [-0.25, -0.2) is 18.7 Å². The van der Waals surface area contributed by atoms with E-state index in [1.165, 1.54) is 12.1 Å². The fourth-order valence-electron chi connectivity index (χ4n) is 1.68. The number of halogens is 2. The van der Waals surface area contributed by atoms with Gasteiger partial charge in [-0.2, -0.15) is 0 Å². The minimum atomic E-state index is -0.641. The molecule has 94 valence electrons. The molecule has 1 heterocycles. The number of nitrogens with zero attached hydrogens (tertiary/aromatic N) is 2. The first-order chi connectivity index (χ1) is 8.51. The zero-order chi connectivity index (χ0) is 13.3. The predicted molar refractivity (Wildman–Crippen MR) is 66.4 cm³/mol. The lowest BCUT2D eigenvalue weighted by molar-refractivity contribution is 0.584. The number of anilines is 1. The summed E-state index contributed by atoms with van der Waals surface area (Å²) in [5, 5.41) is 2.94. The smallest absolute Gasteiger partial charge is 0.161 e. The molecule has 0 aliphatic carbocycles. The van der Waals surface area contributed by atoms with Crippen molar-refractivity contribution in [1.82, 2.24) is 9.97 Å². The largest absolute Gasteiger partial charge is 0.373 e. The Balaban J connectivity index is 2.60. The molecule has 2 aromatic rings. The molecule has 5 heteroatoms. The van der Waals surface area contributed by atoms with E-state index in [0.29, 0.717) is 17.2 Å². The number of hydrogen-bond acceptors (Lipinski definition) is 3. The number of aromatic nitrogens is 2. The summed E-state index contributed by atoms with van der Waals surface area (Å²) < 4.78 is 26.3. The molecule has 0 amide bonds. The molecule has 0 atom stereocenters. The summed E-state index contributed by atoms with van der Waals surface area (Å²) in [6, 6.07) is 3.25. The van der Waals surface area contributed by atoms with E-state index in [2.05, 4.69) is 15.3 Å². The maximum absolute atomic E-state index is 13.2. The van der Waals surface area contributed by atoms with Crippen molar-refractivity contribution in [1.29, 1.82) is 0 Å². The zero-order valence-electron chi connectivity index (χ0n) is 10.4. The first-order valence-electron chi connectivity index (χ1n) is 5.50. The minimum Gasteiger partial charge on any atom is -0.373 e. The molecule has 0 spiro atoms. The molecule has 0 fully saturated rings. The maximum atomic E-state index is 13.2. The highest BCUT2D eigenvalue weighted by molar-refractivity contribution is 5.59. The van der Waals surface area contributed by atoms with Crippen molar-refractivity contribution in [3.8, 4) is 11.4 Å². The Bertz CT molecular complexity index is 577. The third-order valence-corrected chi connectivity index (χ3v) is 2.75. The van der Waals surface area contributed by atoms with Gasteiger partial charge in [0.1, 0.15) is 17.5 Å². The molecule has 0 saturated heterocycles. The van der Waals surface area contributed by atoms with Crippen LogP contribution in [0.3, 0.4) is 0 Å². The summed E-state index contributed by atoms with van der Waals surface area (Å²) in [6.45, 7) is 3.72. The molecule has 3 nitrogen and oxygen atoms in total. The summed E-state index contributed by atoms with van der Waals surface area (Å²) in [4.78, 5) is 8.50. The van der Waals surface area contributed by atoms with Gasteiger partial charge in [0.2, 0.25) is 0 Å². The third-order valence-electron chi connectivity index (χ3n) is 2.75. The molecule has 0 aliphatic heterocycles. The first-order valence-corrected chi connectivity index (χ1v) is 5.50. The van der Waals surface area contributed by atoms with Crippen LogP contribution in [0.1, 0.15) is 11.3 Å². The average Bonchev–Trinajstić information content (AvgIpc) is 2.31. The summed E-state index contributed by atoms with van der Waals surface area (Å²) in [6.07, 6.45) is 0. The van der Waals surface area contributed by atoms with Gasteiger partial charge in [0.05, 0.1) is 0 Å². The standard InChI is InChI=1S/C13H13F2N3/c1-7-8(2)17-13(18-12(7)16-3)9-4-10(14)6-11(15)5-9/h4-6H,1-3H3,(H,16,17,18). The van der Waals surface area contributed by atoms with Gasteiger partial charge in [-0.05, 0) is 26.0 Å². The summed E-state index contributed by atoms with van der Waals surface area (Å²) in [5.74, 6) is -0.321. The van der Waals surface area contributed by atoms with Gasteiger partial charge < -0.3 is 5.32 Å². The summed E-state index contributed by atoms with van der Waals surface area (Å²) >= 11 is 0. The Kier molecular flexibility index (Phi) is 3.23. The second-order valence-electron chi connectivity index (χ2n) is 4.01. The third kappa shape index (κ3) is 2.30. The highest BCUT2D eigenvalue weighted by Crippen LogP contribution is 2.22. The van der Waals surface area contributed by atoms with Crippen molar-refractivity contribution in [3.05, 3.63) is 41.1 Å². The van der Waals surface area contributed by atoms with E-state index in [4.69, 9.17) is 0 Å². The molecule has 0 aliphatic rings. The normalized spacial score (nSPS) is 10.5. The van der Waals surface area contributed by atoms with E-state index in [1.54, 1.807) is 7.05 Å². The molecular formula is C13H13F2N3. The van der Waals surface area contributed by atoms with Crippen LogP contribution in [0.25, 0.3) is 11.4 Å². The van der Waals surface area contributed by atoms with Gasteiger partial charge in [-0.3, -0.25) is 0 Å². The Hall–Kier alpha value is -2.04. The van der Waals surface area contributed by atoms with E-state index in [-0.39, 0.29) is 0 Å². The van der Waals surface area contributed by atoms with Crippen molar-refractivity contribution in [2.24, 2.45) is 0 Å². The van der Waals surface area contributed by atoms with Crippen molar-refractivity contribution in [2.75, 3.05) is 12.4 Å². The van der Waals surface area contributed by atoms with Gasteiger partial charge in [-0.15, -0.1) is 0 Å². The van der Waals surface area contributed by atoms with Crippen LogP contribution in [-0.2, 0) is 0 Å². The van der Waals surface area contributed by atoms with Gasteiger partial charge in [-0.1, -0.05) is 0 Å². The van der Waals surface area contributed by atoms with Crippen LogP contribution in [0.15, 0.2) is 18.2 Å². The van der Waals surface area contributed by atoms with E-state index in [0.717, 1.165) is 17.3 Å². The number of hydrogen-bond donors (Lipinski definition) is 1. The zero-order valence-corrected chi connectivity index (χ0v) is 10.4. The van der Waals surface area contributed by atoms with Crippen molar-refractivity contribution < 1.29 is 8.78 Å². The van der Waals surface area contributed by atoms with E-state index in [9.17, 15) is 8.78 Å². The van der Waals surface area contributed by atoms with Crippen LogP contribution in [0, 0.1) is 25.5 Å². The number of rotatable bonds is 2. The van der Waals surface area contributed by atoms with Crippen LogP contribution in [-0.4, -0.2) is 17.0 Å². The van der Waals surface area contributed by atoms with Crippen LogP contribution >= 0.6 is 0 Å². The Morgan fingerprint density at radius 1 is 1.00 bits per heavy atom. The quantitative estimate of drug-likeness (QED) is 0.888. The van der Waals surface area contributed by atoms with Crippen molar-refractivity contribution in [2.45, 2.75) is 13.8 Å². The topological polar surface area (TPSA) is 37.8 Å². The first kappa shape index (κ1) is 12.4. The van der Waals surface area contributed by atoms with E-state index in [1.807, 2.05) is 13.8 Å². The summed E-state index contributed by atoms with van der Waals surface area (Å²) in [7, 11) is 1.74. The molecule has 0 radical (unpaired) electrons. The van der Waals surface area contributed by atoms with Crippen molar-refractivity contribution >= 4 is 5.82 Å². The van der Waals surface area contributed by atoms with Crippen LogP contribution in [0.5, 0.6) is 0 Å². The molecule has 1 aromatic heterocycles. The molecule has 18 heavy (non-hydrogen) atoms.